The van der Waals surface area contributed by atoms with Crippen LogP contribution in [-0.4, -0.2) is 39.8 Å². The number of hydrogen-bond acceptors (Lipinski definition) is 5. The van der Waals surface area contributed by atoms with Gasteiger partial charge in [0.1, 0.15) is 5.75 Å². The Bertz CT molecular complexity index is 1160. The van der Waals surface area contributed by atoms with Crippen molar-refractivity contribution in [1.29, 1.82) is 0 Å². The highest BCUT2D eigenvalue weighted by Crippen LogP contribution is 2.24. The number of ether oxygens (including phenoxy) is 2. The number of methoxy groups -OCH3 is 1. The molecule has 3 aromatic rings. The fourth-order valence-electron chi connectivity index (χ4n) is 3.42. The molecule has 2 N–H and O–H groups in total. The van der Waals surface area contributed by atoms with E-state index in [0.29, 0.717) is 5.75 Å². The molecule has 0 spiro atoms. The van der Waals surface area contributed by atoms with E-state index in [1.807, 2.05) is 61.5 Å². The Morgan fingerprint density at radius 2 is 1.56 bits per heavy atom. The molecule has 0 bridgehead atoms. The lowest BCUT2D eigenvalue weighted by Crippen LogP contribution is -2.29. The fraction of sp³-hybridized carbons (Fsp3) is 0.269. The summed E-state index contributed by atoms with van der Waals surface area (Å²) in [5, 5.41) is 9.55. The minimum Gasteiger partial charge on any atom is -0.497 e. The number of benzene rings is 3. The topological polar surface area (TPSA) is 102 Å². The van der Waals surface area contributed by atoms with Crippen LogP contribution in [0.4, 0.5) is 0 Å². The smallest absolute Gasteiger partial charge is 0.308 e. The summed E-state index contributed by atoms with van der Waals surface area (Å²) in [6.45, 7) is 1.82. The maximum absolute atomic E-state index is 12.4. The van der Waals surface area contributed by atoms with Crippen molar-refractivity contribution in [1.82, 2.24) is 4.72 Å². The molecule has 0 saturated carbocycles. The van der Waals surface area contributed by atoms with E-state index >= 15 is 0 Å². The van der Waals surface area contributed by atoms with Crippen molar-refractivity contribution in [2.24, 2.45) is 5.92 Å². The summed E-state index contributed by atoms with van der Waals surface area (Å²) in [5.41, 5.74) is 3.14. The van der Waals surface area contributed by atoms with Gasteiger partial charge in [-0.05, 0) is 54.3 Å². The first-order chi connectivity index (χ1) is 16.3. The predicted molar refractivity (Wildman–Crippen MR) is 130 cm³/mol. The summed E-state index contributed by atoms with van der Waals surface area (Å²) in [5.74, 6) is -1.33. The molecule has 0 heterocycles. The molecule has 0 aromatic heterocycles. The Balaban J connectivity index is 1.52. The van der Waals surface area contributed by atoms with E-state index in [1.165, 1.54) is 19.2 Å². The first-order valence-electron chi connectivity index (χ1n) is 10.9. The lowest BCUT2D eigenvalue weighted by Gasteiger charge is -2.18. The summed E-state index contributed by atoms with van der Waals surface area (Å²) in [4.78, 5) is 11.8. The van der Waals surface area contributed by atoms with E-state index in [0.717, 1.165) is 16.7 Å². The third-order valence-electron chi connectivity index (χ3n) is 5.54. The van der Waals surface area contributed by atoms with Crippen LogP contribution in [0.2, 0.25) is 0 Å². The first kappa shape index (κ1) is 25.4. The largest absolute Gasteiger partial charge is 0.497 e. The molecule has 3 rings (SSSR count). The number of carbonyl (C=O) groups is 1. The molecule has 0 fully saturated rings. The van der Waals surface area contributed by atoms with Gasteiger partial charge < -0.3 is 14.6 Å². The SMILES string of the molecule is COc1ccc(S(=O)(=O)NCCC(COC(C)c2ccc(-c3ccccc3)cc2)C(=O)O)cc1. The van der Waals surface area contributed by atoms with Crippen molar-refractivity contribution in [3.05, 3.63) is 84.4 Å². The van der Waals surface area contributed by atoms with Crippen molar-refractivity contribution < 1.29 is 27.8 Å². The molecule has 2 unspecified atom stereocenters. The minimum atomic E-state index is -3.75. The average Bonchev–Trinajstić information content (AvgIpc) is 2.86. The zero-order valence-corrected chi connectivity index (χ0v) is 20.0. The van der Waals surface area contributed by atoms with Crippen LogP contribution in [-0.2, 0) is 19.6 Å². The summed E-state index contributed by atoms with van der Waals surface area (Å²) in [6, 6.07) is 23.9. The van der Waals surface area contributed by atoms with Gasteiger partial charge in [0.05, 0.1) is 30.6 Å². The molecule has 8 heteroatoms. The van der Waals surface area contributed by atoms with Crippen molar-refractivity contribution in [3.63, 3.8) is 0 Å². The lowest BCUT2D eigenvalue weighted by molar-refractivity contribution is -0.144. The second kappa shape index (κ2) is 11.8. The quantitative estimate of drug-likeness (QED) is 0.393. The molecule has 0 radical (unpaired) electrons. The second-order valence-corrected chi connectivity index (χ2v) is 9.63. The number of rotatable bonds is 12. The van der Waals surface area contributed by atoms with Crippen LogP contribution in [0, 0.1) is 5.92 Å². The van der Waals surface area contributed by atoms with Gasteiger partial charge in [0.15, 0.2) is 0 Å². The van der Waals surface area contributed by atoms with E-state index in [-0.39, 0.29) is 30.6 Å². The van der Waals surface area contributed by atoms with Crippen molar-refractivity contribution in [2.45, 2.75) is 24.3 Å². The molecule has 7 nitrogen and oxygen atoms in total. The van der Waals surface area contributed by atoms with Gasteiger partial charge in [-0.15, -0.1) is 0 Å². The molecule has 2 atom stereocenters. The Labute approximate surface area is 200 Å². The minimum absolute atomic E-state index is 0.0190. The maximum atomic E-state index is 12.4. The maximum Gasteiger partial charge on any atom is 0.308 e. The van der Waals surface area contributed by atoms with Crippen LogP contribution in [0.15, 0.2) is 83.8 Å². The van der Waals surface area contributed by atoms with Crippen LogP contribution < -0.4 is 9.46 Å². The zero-order chi connectivity index (χ0) is 24.6. The Hall–Kier alpha value is -3.20. The molecule has 34 heavy (non-hydrogen) atoms. The van der Waals surface area contributed by atoms with E-state index in [1.54, 1.807) is 12.1 Å². The number of carboxylic acid groups (broad SMARTS) is 1. The van der Waals surface area contributed by atoms with Gasteiger partial charge >= 0.3 is 5.97 Å². The van der Waals surface area contributed by atoms with Gasteiger partial charge in [0.25, 0.3) is 0 Å². The van der Waals surface area contributed by atoms with E-state index < -0.39 is 21.9 Å². The zero-order valence-electron chi connectivity index (χ0n) is 19.2. The monoisotopic (exact) mass is 483 g/mol. The van der Waals surface area contributed by atoms with Gasteiger partial charge in [-0.2, -0.15) is 0 Å². The Morgan fingerprint density at radius 1 is 0.941 bits per heavy atom. The first-order valence-corrected chi connectivity index (χ1v) is 12.4. The van der Waals surface area contributed by atoms with Gasteiger partial charge in [0.2, 0.25) is 10.0 Å². The normalized spacial score (nSPS) is 13.2. The molecule has 0 aliphatic heterocycles. The summed E-state index contributed by atoms with van der Waals surface area (Å²) in [6.07, 6.45) is -0.202. The standard InChI is InChI=1S/C26H29NO6S/c1-19(20-8-10-22(11-9-20)21-6-4-3-5-7-21)33-18-23(26(28)29)16-17-27-34(30,31)25-14-12-24(32-2)13-15-25/h3-15,19,23,27H,16-18H2,1-2H3,(H,28,29). The molecule has 0 amide bonds. The number of carboxylic acids is 1. The summed E-state index contributed by atoms with van der Waals surface area (Å²) >= 11 is 0. The average molecular weight is 484 g/mol. The van der Waals surface area contributed by atoms with Gasteiger partial charge in [-0.3, -0.25) is 4.79 Å². The van der Waals surface area contributed by atoms with E-state index in [4.69, 9.17) is 9.47 Å². The molecular formula is C26H29NO6S. The number of hydrogen-bond donors (Lipinski definition) is 2. The predicted octanol–water partition coefficient (Wildman–Crippen LogP) is 4.51. The highest BCUT2D eigenvalue weighted by atomic mass is 32.2. The van der Waals surface area contributed by atoms with E-state index in [9.17, 15) is 18.3 Å². The van der Waals surface area contributed by atoms with Gasteiger partial charge in [-0.25, -0.2) is 13.1 Å². The summed E-state index contributed by atoms with van der Waals surface area (Å²) < 4.78 is 38.2. The van der Waals surface area contributed by atoms with Crippen LogP contribution in [0.25, 0.3) is 11.1 Å². The van der Waals surface area contributed by atoms with E-state index in [2.05, 4.69) is 4.72 Å². The van der Waals surface area contributed by atoms with Crippen LogP contribution in [0.3, 0.4) is 0 Å². The van der Waals surface area contributed by atoms with Crippen LogP contribution in [0.5, 0.6) is 5.75 Å². The second-order valence-electron chi connectivity index (χ2n) is 7.86. The number of aliphatic carboxylic acids is 1. The van der Waals surface area contributed by atoms with Crippen molar-refractivity contribution >= 4 is 16.0 Å². The molecular weight excluding hydrogens is 454 g/mol. The van der Waals surface area contributed by atoms with Crippen LogP contribution >= 0.6 is 0 Å². The molecule has 0 saturated heterocycles. The van der Waals surface area contributed by atoms with Gasteiger partial charge in [-0.1, -0.05) is 54.6 Å². The number of sulfonamides is 1. The molecule has 180 valence electrons. The molecule has 0 aliphatic carbocycles. The highest BCUT2D eigenvalue weighted by Gasteiger charge is 2.21. The van der Waals surface area contributed by atoms with Gasteiger partial charge in [0, 0.05) is 6.54 Å². The van der Waals surface area contributed by atoms with Crippen molar-refractivity contribution in [2.75, 3.05) is 20.3 Å². The third kappa shape index (κ3) is 6.90. The fourth-order valence-corrected chi connectivity index (χ4v) is 4.47. The van der Waals surface area contributed by atoms with Crippen molar-refractivity contribution in [3.8, 4) is 16.9 Å². The highest BCUT2D eigenvalue weighted by molar-refractivity contribution is 7.89. The molecule has 3 aromatic carbocycles. The lowest BCUT2D eigenvalue weighted by atomic mass is 10.0. The van der Waals surface area contributed by atoms with Crippen LogP contribution in [0.1, 0.15) is 25.0 Å². The Kier molecular flexibility index (Phi) is 8.81. The third-order valence-corrected chi connectivity index (χ3v) is 7.02. The number of nitrogens with one attached hydrogen (secondary N) is 1. The Morgan fingerprint density at radius 3 is 2.15 bits per heavy atom. The summed E-state index contributed by atoms with van der Waals surface area (Å²) in [7, 11) is -2.25. The molecule has 0 aliphatic rings.